The summed E-state index contributed by atoms with van der Waals surface area (Å²) in [7, 11) is 0. The third-order valence-corrected chi connectivity index (χ3v) is 6.19. The van der Waals surface area contributed by atoms with E-state index in [2.05, 4.69) is 102 Å². The number of aryl methyl sites for hydroxylation is 2. The van der Waals surface area contributed by atoms with E-state index >= 15 is 0 Å². The van der Waals surface area contributed by atoms with Gasteiger partial charge in [-0.1, -0.05) is 77.9 Å². The zero-order valence-electron chi connectivity index (χ0n) is 16.5. The number of hydrogen-bond donors (Lipinski definition) is 2. The molecule has 2 heterocycles. The van der Waals surface area contributed by atoms with Crippen LogP contribution in [0.3, 0.4) is 0 Å². The predicted octanol–water partition coefficient (Wildman–Crippen LogP) is 4.83. The van der Waals surface area contributed by atoms with Gasteiger partial charge in [-0.25, -0.2) is 10.9 Å². The molecule has 2 N–H and O–H groups in total. The molecular weight excluding hydrogens is 342 g/mol. The first-order chi connectivity index (χ1) is 13.7. The van der Waals surface area contributed by atoms with Crippen LogP contribution in [0, 0.1) is 19.8 Å². The summed E-state index contributed by atoms with van der Waals surface area (Å²) < 4.78 is 0. The molecule has 0 saturated carbocycles. The van der Waals surface area contributed by atoms with E-state index in [4.69, 9.17) is 0 Å². The second-order valence-corrected chi connectivity index (χ2v) is 8.25. The van der Waals surface area contributed by atoms with Crippen molar-refractivity contribution < 1.29 is 0 Å². The zero-order valence-corrected chi connectivity index (χ0v) is 16.5. The van der Waals surface area contributed by atoms with Gasteiger partial charge in [-0.15, -0.1) is 0 Å². The minimum atomic E-state index is 0.318. The average Bonchev–Trinajstić information content (AvgIpc) is 3.13. The highest BCUT2D eigenvalue weighted by molar-refractivity contribution is 5.58. The van der Waals surface area contributed by atoms with E-state index in [-0.39, 0.29) is 0 Å². The maximum Gasteiger partial charge on any atom is 0.0546 e. The molecule has 0 aromatic heterocycles. The Hall–Kier alpha value is -2.62. The van der Waals surface area contributed by atoms with Crippen LogP contribution >= 0.6 is 0 Å². The number of para-hydroxylation sites is 1. The summed E-state index contributed by atoms with van der Waals surface area (Å²) >= 11 is 0. The second kappa shape index (κ2) is 7.08. The Morgan fingerprint density at radius 3 is 2.43 bits per heavy atom. The number of rotatable bonds is 3. The molecule has 3 aromatic rings. The average molecular weight is 370 g/mol. The molecule has 5 rings (SSSR count). The lowest BCUT2D eigenvalue weighted by molar-refractivity contribution is 0.402. The summed E-state index contributed by atoms with van der Waals surface area (Å²) in [6.07, 6.45) is 0. The van der Waals surface area contributed by atoms with Crippen molar-refractivity contribution in [2.45, 2.75) is 32.5 Å². The lowest BCUT2D eigenvalue weighted by atomic mass is 9.82. The molecule has 3 atom stereocenters. The van der Waals surface area contributed by atoms with Gasteiger partial charge >= 0.3 is 0 Å². The van der Waals surface area contributed by atoms with Crippen molar-refractivity contribution in [2.24, 2.45) is 5.92 Å². The first-order valence-corrected chi connectivity index (χ1v) is 10.2. The van der Waals surface area contributed by atoms with Gasteiger partial charge in [0.05, 0.1) is 12.1 Å². The number of hydrazine groups is 1. The summed E-state index contributed by atoms with van der Waals surface area (Å²) in [6.45, 7) is 6.30. The SMILES string of the molecule is Cc1ccc(C2NNC3c4ccccc4N(Cc4cccc(C)c4)CC23)cc1. The molecule has 0 amide bonds. The lowest BCUT2D eigenvalue weighted by Gasteiger charge is -2.39. The number of nitrogens with zero attached hydrogens (tertiary/aromatic N) is 1. The van der Waals surface area contributed by atoms with Gasteiger partial charge in [0.25, 0.3) is 0 Å². The number of hydrogen-bond acceptors (Lipinski definition) is 3. The largest absolute Gasteiger partial charge is 0.367 e. The molecule has 0 bridgehead atoms. The molecule has 1 fully saturated rings. The van der Waals surface area contributed by atoms with Crippen molar-refractivity contribution in [3.63, 3.8) is 0 Å². The molecule has 0 aliphatic carbocycles. The van der Waals surface area contributed by atoms with Gasteiger partial charge in [0.15, 0.2) is 0 Å². The van der Waals surface area contributed by atoms with Crippen molar-refractivity contribution in [2.75, 3.05) is 11.4 Å². The van der Waals surface area contributed by atoms with Crippen molar-refractivity contribution >= 4 is 5.69 Å². The predicted molar refractivity (Wildman–Crippen MR) is 115 cm³/mol. The van der Waals surface area contributed by atoms with Crippen molar-refractivity contribution in [3.05, 3.63) is 101 Å². The summed E-state index contributed by atoms with van der Waals surface area (Å²) in [6, 6.07) is 27.4. The minimum absolute atomic E-state index is 0.318. The van der Waals surface area contributed by atoms with E-state index in [0.29, 0.717) is 18.0 Å². The van der Waals surface area contributed by atoms with Gasteiger partial charge < -0.3 is 4.90 Å². The van der Waals surface area contributed by atoms with E-state index in [0.717, 1.165) is 13.1 Å². The fourth-order valence-electron chi connectivity index (χ4n) is 4.78. The smallest absolute Gasteiger partial charge is 0.0546 e. The molecule has 0 spiro atoms. The van der Waals surface area contributed by atoms with E-state index in [1.54, 1.807) is 0 Å². The normalized spacial score (nSPS) is 23.4. The van der Waals surface area contributed by atoms with Crippen LogP contribution in [0.5, 0.6) is 0 Å². The van der Waals surface area contributed by atoms with Crippen LogP contribution < -0.4 is 15.8 Å². The zero-order chi connectivity index (χ0) is 19.1. The Morgan fingerprint density at radius 1 is 0.821 bits per heavy atom. The van der Waals surface area contributed by atoms with Gasteiger partial charge in [-0.3, -0.25) is 0 Å². The number of fused-ring (bicyclic) bond motifs is 3. The first kappa shape index (κ1) is 17.5. The standard InChI is InChI=1S/C25H27N3/c1-17-10-12-20(13-11-17)24-22-16-28(15-19-7-5-6-18(2)14-19)23-9-4-3-8-21(23)25(22)27-26-24/h3-14,22,24-27H,15-16H2,1-2H3. The molecule has 3 nitrogen and oxygen atoms in total. The fraction of sp³-hybridized carbons (Fsp3) is 0.280. The minimum Gasteiger partial charge on any atom is -0.367 e. The number of nitrogens with one attached hydrogen (secondary N) is 2. The lowest BCUT2D eigenvalue weighted by Crippen LogP contribution is -2.39. The molecular formula is C25H27N3. The Morgan fingerprint density at radius 2 is 1.61 bits per heavy atom. The molecule has 3 unspecified atom stereocenters. The van der Waals surface area contributed by atoms with Crippen LogP contribution in [0.2, 0.25) is 0 Å². The van der Waals surface area contributed by atoms with Crippen LogP contribution in [0.15, 0.2) is 72.8 Å². The van der Waals surface area contributed by atoms with Gasteiger partial charge in [0.2, 0.25) is 0 Å². The van der Waals surface area contributed by atoms with Crippen LogP contribution in [0.4, 0.5) is 5.69 Å². The molecule has 3 aromatic carbocycles. The monoisotopic (exact) mass is 369 g/mol. The molecule has 2 aliphatic rings. The highest BCUT2D eigenvalue weighted by atomic mass is 15.4. The Bertz CT molecular complexity index is 979. The van der Waals surface area contributed by atoms with Crippen LogP contribution in [-0.2, 0) is 6.54 Å². The van der Waals surface area contributed by atoms with Crippen LogP contribution in [0.25, 0.3) is 0 Å². The van der Waals surface area contributed by atoms with Crippen molar-refractivity contribution in [3.8, 4) is 0 Å². The molecule has 1 saturated heterocycles. The summed E-state index contributed by atoms with van der Waals surface area (Å²) in [4.78, 5) is 2.56. The highest BCUT2D eigenvalue weighted by Gasteiger charge is 2.42. The van der Waals surface area contributed by atoms with E-state index in [9.17, 15) is 0 Å². The van der Waals surface area contributed by atoms with Gasteiger partial charge in [0, 0.05) is 24.7 Å². The third kappa shape index (κ3) is 3.11. The number of anilines is 1. The van der Waals surface area contributed by atoms with E-state index in [1.807, 2.05) is 0 Å². The Balaban J connectivity index is 1.49. The maximum absolute atomic E-state index is 3.59. The maximum atomic E-state index is 3.59. The molecule has 142 valence electrons. The number of benzene rings is 3. The van der Waals surface area contributed by atoms with Crippen LogP contribution in [-0.4, -0.2) is 6.54 Å². The van der Waals surface area contributed by atoms with Crippen LogP contribution in [0.1, 0.15) is 39.9 Å². The van der Waals surface area contributed by atoms with E-state index < -0.39 is 0 Å². The molecule has 28 heavy (non-hydrogen) atoms. The summed E-state index contributed by atoms with van der Waals surface area (Å²) in [5, 5.41) is 0. The summed E-state index contributed by atoms with van der Waals surface area (Å²) in [5.74, 6) is 0.488. The quantitative estimate of drug-likeness (QED) is 0.692. The Kier molecular flexibility index (Phi) is 4.42. The Labute approximate surface area is 167 Å². The molecule has 2 aliphatic heterocycles. The van der Waals surface area contributed by atoms with E-state index in [1.165, 1.54) is 33.5 Å². The highest BCUT2D eigenvalue weighted by Crippen LogP contribution is 2.45. The van der Waals surface area contributed by atoms with Crippen molar-refractivity contribution in [1.29, 1.82) is 0 Å². The summed E-state index contributed by atoms with van der Waals surface area (Å²) in [5.41, 5.74) is 15.3. The topological polar surface area (TPSA) is 27.3 Å². The van der Waals surface area contributed by atoms with Crippen molar-refractivity contribution in [1.82, 2.24) is 10.9 Å². The van der Waals surface area contributed by atoms with Gasteiger partial charge in [-0.2, -0.15) is 0 Å². The molecule has 0 radical (unpaired) electrons. The fourth-order valence-corrected chi connectivity index (χ4v) is 4.78. The second-order valence-electron chi connectivity index (χ2n) is 8.25. The molecule has 3 heteroatoms. The van der Waals surface area contributed by atoms with Gasteiger partial charge in [0.1, 0.15) is 0 Å². The van der Waals surface area contributed by atoms with Gasteiger partial charge in [-0.05, 0) is 36.6 Å². The first-order valence-electron chi connectivity index (χ1n) is 10.2. The third-order valence-electron chi connectivity index (χ3n) is 6.19.